The Hall–Kier alpha value is -1.39. The zero-order valence-electron chi connectivity index (χ0n) is 15.5. The molecule has 2 rings (SSSR count). The lowest BCUT2D eigenvalue weighted by Crippen LogP contribution is -2.39. The molecule has 0 heterocycles. The van der Waals surface area contributed by atoms with Crippen LogP contribution in [0.4, 0.5) is 0 Å². The van der Waals surface area contributed by atoms with Gasteiger partial charge in [0, 0.05) is 0 Å². The molecule has 0 saturated heterocycles. The van der Waals surface area contributed by atoms with Gasteiger partial charge in [0.2, 0.25) is 0 Å². The van der Waals surface area contributed by atoms with Crippen LogP contribution in [0.5, 0.6) is 0 Å². The maximum Gasteiger partial charge on any atom is 0.373 e. The van der Waals surface area contributed by atoms with Gasteiger partial charge in [0.15, 0.2) is 0 Å². The van der Waals surface area contributed by atoms with Crippen molar-refractivity contribution >= 4 is 19.2 Å². The fraction of sp³-hybridized carbons (Fsp3) is 0.500. The van der Waals surface area contributed by atoms with Crippen LogP contribution in [0.15, 0.2) is 36.5 Å². The molecule has 24 heavy (non-hydrogen) atoms. The predicted molar refractivity (Wildman–Crippen MR) is 100 cm³/mol. The van der Waals surface area contributed by atoms with Crippen molar-refractivity contribution < 1.29 is 14.6 Å². The summed E-state index contributed by atoms with van der Waals surface area (Å²) in [5, 5.41) is 1.24. The van der Waals surface area contributed by atoms with E-state index in [0.717, 1.165) is 25.4 Å². The molecule has 0 spiro atoms. The highest BCUT2D eigenvalue weighted by Gasteiger charge is 2.34. The topological polar surface area (TPSA) is 35.5 Å². The van der Waals surface area contributed by atoms with Crippen LogP contribution in [0.1, 0.15) is 50.4 Å². The zero-order valence-corrected chi connectivity index (χ0v) is 16.5. The van der Waals surface area contributed by atoms with Crippen molar-refractivity contribution in [3.63, 3.8) is 0 Å². The van der Waals surface area contributed by atoms with Crippen molar-refractivity contribution in [1.29, 1.82) is 0 Å². The molecule has 1 aliphatic rings. The molecule has 0 bridgehead atoms. The monoisotopic (exact) mass is 345 g/mol. The molecule has 0 aliphatic heterocycles. The number of carbonyl (C=O) groups excluding carboxylic acids is 1. The van der Waals surface area contributed by atoms with E-state index >= 15 is 0 Å². The Bertz CT molecular complexity index is 589. The van der Waals surface area contributed by atoms with Crippen LogP contribution in [0, 0.1) is 17.4 Å². The Morgan fingerprint density at radius 2 is 1.92 bits per heavy atom. The van der Waals surface area contributed by atoms with E-state index in [4.69, 9.17) is 9.78 Å². The lowest BCUT2D eigenvalue weighted by molar-refractivity contribution is -0.245. The molecule has 1 aromatic rings. The average molecular weight is 346 g/mol. The van der Waals surface area contributed by atoms with Gasteiger partial charge in [0.25, 0.3) is 0 Å². The first-order valence-corrected chi connectivity index (χ1v) is 11.7. The number of carbonyl (C=O) groups is 1. The van der Waals surface area contributed by atoms with Crippen LogP contribution in [0.3, 0.4) is 0 Å². The van der Waals surface area contributed by atoms with E-state index in [1.807, 2.05) is 17.8 Å². The zero-order chi connectivity index (χ0) is 18.0. The molecule has 1 fully saturated rings. The second-order valence-corrected chi connectivity index (χ2v) is 12.8. The molecule has 1 atom stereocenters. The Morgan fingerprint density at radius 3 is 2.46 bits per heavy atom. The summed E-state index contributed by atoms with van der Waals surface area (Å²) in [6.45, 7) is 15.0. The van der Waals surface area contributed by atoms with E-state index in [1.54, 1.807) is 12.1 Å². The van der Waals surface area contributed by atoms with Gasteiger partial charge in [-0.25, -0.2) is 4.79 Å². The molecule has 0 aromatic heterocycles. The van der Waals surface area contributed by atoms with Crippen molar-refractivity contribution in [3.8, 4) is 0 Å². The summed E-state index contributed by atoms with van der Waals surface area (Å²) in [5.74, 6) is 0.107. The lowest BCUT2D eigenvalue weighted by Gasteiger charge is -2.36. The van der Waals surface area contributed by atoms with Gasteiger partial charge in [-0.3, -0.25) is 4.89 Å². The molecule has 4 heteroatoms. The van der Waals surface area contributed by atoms with Crippen LogP contribution in [-0.4, -0.2) is 14.0 Å². The second kappa shape index (κ2) is 7.24. The van der Waals surface area contributed by atoms with Gasteiger partial charge in [0.1, 0.15) is 14.2 Å². The maximum absolute atomic E-state index is 12.2. The number of hydrogen-bond acceptors (Lipinski definition) is 3. The van der Waals surface area contributed by atoms with Crippen LogP contribution < -0.4 is 5.19 Å². The minimum absolute atomic E-state index is 0.196. The summed E-state index contributed by atoms with van der Waals surface area (Å²) in [6.07, 6.45) is 3.72. The van der Waals surface area contributed by atoms with Crippen molar-refractivity contribution in [1.82, 2.24) is 0 Å². The van der Waals surface area contributed by atoms with Crippen LogP contribution >= 0.6 is 0 Å². The van der Waals surface area contributed by atoms with Gasteiger partial charge >= 0.3 is 5.97 Å². The van der Waals surface area contributed by atoms with Crippen molar-refractivity contribution in [2.75, 3.05) is 0 Å². The average Bonchev–Trinajstić information content (AvgIpc) is 2.51. The molecule has 3 nitrogen and oxygen atoms in total. The SMILES string of the molecule is C=C[Si](C)(C)c1ccc(C(=O)OO[C]2CC(C)CC(C)(C)C2)cc1. The largest absolute Gasteiger partial charge is 0.373 e. The number of benzene rings is 1. The van der Waals surface area contributed by atoms with E-state index in [1.165, 1.54) is 5.19 Å². The highest BCUT2D eigenvalue weighted by atomic mass is 28.3. The fourth-order valence-electron chi connectivity index (χ4n) is 3.44. The van der Waals surface area contributed by atoms with Gasteiger partial charge in [-0.05, 0) is 42.7 Å². The second-order valence-electron chi connectivity index (χ2n) is 8.35. The normalized spacial score (nSPS) is 21.3. The summed E-state index contributed by atoms with van der Waals surface area (Å²) in [5.41, 5.74) is 2.74. The quantitative estimate of drug-likeness (QED) is 0.437. The van der Waals surface area contributed by atoms with E-state index in [2.05, 4.69) is 40.4 Å². The molecule has 1 saturated carbocycles. The summed E-state index contributed by atoms with van der Waals surface area (Å²) in [4.78, 5) is 22.7. The van der Waals surface area contributed by atoms with Crippen LogP contribution in [0.2, 0.25) is 13.1 Å². The Morgan fingerprint density at radius 1 is 1.29 bits per heavy atom. The third kappa shape index (κ3) is 4.80. The number of rotatable bonds is 5. The Labute approximate surface area is 147 Å². The summed E-state index contributed by atoms with van der Waals surface area (Å²) < 4.78 is 0. The first-order chi connectivity index (χ1) is 11.1. The third-order valence-corrected chi connectivity index (χ3v) is 7.61. The molecular formula is C20H29O3Si. The summed E-state index contributed by atoms with van der Waals surface area (Å²) in [7, 11) is -1.60. The van der Waals surface area contributed by atoms with Gasteiger partial charge in [-0.15, -0.1) is 6.58 Å². The minimum Gasteiger partial charge on any atom is -0.292 e. The molecule has 1 radical (unpaired) electrons. The summed E-state index contributed by atoms with van der Waals surface area (Å²) >= 11 is 0. The maximum atomic E-state index is 12.2. The molecule has 0 N–H and O–H groups in total. The molecule has 1 aliphatic carbocycles. The fourth-order valence-corrected chi connectivity index (χ4v) is 4.71. The van der Waals surface area contributed by atoms with Gasteiger partial charge < -0.3 is 0 Å². The molecule has 0 amide bonds. The van der Waals surface area contributed by atoms with E-state index in [-0.39, 0.29) is 5.41 Å². The molecule has 1 unspecified atom stereocenters. The standard InChI is InChI=1S/C20H29O3Si/c1-7-24(5,6)18-10-8-16(9-11-18)19(21)23-22-17-12-15(2)13-20(3,4)14-17/h7-11,15H,1,12-14H2,2-6H3. The Balaban J connectivity index is 1.94. The number of hydrogen-bond donors (Lipinski definition) is 0. The molecular weight excluding hydrogens is 316 g/mol. The molecule has 131 valence electrons. The summed E-state index contributed by atoms with van der Waals surface area (Å²) in [6, 6.07) is 7.58. The minimum atomic E-state index is -1.60. The van der Waals surface area contributed by atoms with Gasteiger partial charge in [0.05, 0.1) is 5.56 Å². The van der Waals surface area contributed by atoms with E-state index in [0.29, 0.717) is 11.5 Å². The van der Waals surface area contributed by atoms with Gasteiger partial charge in [-0.2, -0.15) is 4.89 Å². The third-order valence-electron chi connectivity index (χ3n) is 4.76. The first kappa shape index (κ1) is 18.9. The van der Waals surface area contributed by atoms with Crippen molar-refractivity contribution in [3.05, 3.63) is 48.2 Å². The van der Waals surface area contributed by atoms with E-state index < -0.39 is 14.0 Å². The van der Waals surface area contributed by atoms with Crippen LogP contribution in [0.25, 0.3) is 0 Å². The van der Waals surface area contributed by atoms with Crippen LogP contribution in [-0.2, 0) is 9.78 Å². The molecule has 1 aromatic carbocycles. The van der Waals surface area contributed by atoms with E-state index in [9.17, 15) is 4.79 Å². The highest BCUT2D eigenvalue weighted by Crippen LogP contribution is 2.43. The predicted octanol–water partition coefficient (Wildman–Crippen LogP) is 4.79. The van der Waals surface area contributed by atoms with Gasteiger partial charge in [-0.1, -0.05) is 56.9 Å². The first-order valence-electron chi connectivity index (χ1n) is 8.61. The van der Waals surface area contributed by atoms with Crippen molar-refractivity contribution in [2.45, 2.75) is 53.1 Å². The Kier molecular flexibility index (Phi) is 5.71. The lowest BCUT2D eigenvalue weighted by atomic mass is 9.71. The highest BCUT2D eigenvalue weighted by molar-refractivity contribution is 6.93. The smallest absolute Gasteiger partial charge is 0.292 e. The van der Waals surface area contributed by atoms with Crippen molar-refractivity contribution in [2.24, 2.45) is 11.3 Å².